The van der Waals surface area contributed by atoms with Crippen LogP contribution < -0.4 is 5.32 Å². The van der Waals surface area contributed by atoms with Gasteiger partial charge in [0.05, 0.1) is 6.54 Å². The first-order valence-electron chi connectivity index (χ1n) is 6.33. The van der Waals surface area contributed by atoms with Crippen LogP contribution in [0.2, 0.25) is 0 Å². The van der Waals surface area contributed by atoms with Crippen molar-refractivity contribution in [1.29, 1.82) is 0 Å². The van der Waals surface area contributed by atoms with Gasteiger partial charge in [0.2, 0.25) is 0 Å². The monoisotopic (exact) mass is 224 g/mol. The van der Waals surface area contributed by atoms with Gasteiger partial charge in [0.15, 0.2) is 0 Å². The van der Waals surface area contributed by atoms with Crippen LogP contribution in [0.4, 0.5) is 0 Å². The highest BCUT2D eigenvalue weighted by Crippen LogP contribution is 2.05. The minimum absolute atomic E-state index is 0.210. The van der Waals surface area contributed by atoms with E-state index in [-0.39, 0.29) is 5.54 Å². The predicted octanol–water partition coefficient (Wildman–Crippen LogP) is 2.50. The molecule has 94 valence electrons. The molecule has 0 rings (SSSR count). The van der Waals surface area contributed by atoms with Crippen LogP contribution in [-0.4, -0.2) is 36.1 Å². The molecule has 0 fully saturated rings. The second-order valence-electron chi connectivity index (χ2n) is 5.49. The Bertz CT molecular complexity index is 210. The van der Waals surface area contributed by atoms with Gasteiger partial charge in [-0.1, -0.05) is 12.8 Å². The lowest BCUT2D eigenvalue weighted by Crippen LogP contribution is -2.41. The molecule has 0 aromatic rings. The average Bonchev–Trinajstić information content (AvgIpc) is 2.15. The number of terminal acetylenes is 1. The summed E-state index contributed by atoms with van der Waals surface area (Å²) in [7, 11) is 0. The third-order valence-corrected chi connectivity index (χ3v) is 2.65. The van der Waals surface area contributed by atoms with Gasteiger partial charge >= 0.3 is 0 Å². The molecule has 0 aliphatic heterocycles. The summed E-state index contributed by atoms with van der Waals surface area (Å²) in [6.07, 6.45) is 7.71. The van der Waals surface area contributed by atoms with E-state index in [1.54, 1.807) is 0 Å². The van der Waals surface area contributed by atoms with Crippen molar-refractivity contribution >= 4 is 0 Å². The van der Waals surface area contributed by atoms with Crippen molar-refractivity contribution < 1.29 is 0 Å². The zero-order valence-electron chi connectivity index (χ0n) is 11.6. The van der Waals surface area contributed by atoms with Gasteiger partial charge in [-0.2, -0.15) is 0 Å². The Labute approximate surface area is 102 Å². The smallest absolute Gasteiger partial charge is 0.0601 e. The van der Waals surface area contributed by atoms with Gasteiger partial charge in [-0.25, -0.2) is 0 Å². The minimum atomic E-state index is 0.210. The molecule has 1 atom stereocenters. The molecule has 0 aliphatic carbocycles. The van der Waals surface area contributed by atoms with E-state index in [9.17, 15) is 0 Å². The van der Waals surface area contributed by atoms with E-state index in [1.165, 1.54) is 6.42 Å². The largest absolute Gasteiger partial charge is 0.312 e. The van der Waals surface area contributed by atoms with Crippen LogP contribution in [0.5, 0.6) is 0 Å². The third kappa shape index (κ3) is 7.73. The molecule has 16 heavy (non-hydrogen) atoms. The Balaban J connectivity index is 3.92. The molecule has 0 bridgehead atoms. The summed E-state index contributed by atoms with van der Waals surface area (Å²) >= 11 is 0. The highest BCUT2D eigenvalue weighted by atomic mass is 15.1. The van der Waals surface area contributed by atoms with Crippen molar-refractivity contribution in [2.45, 2.75) is 59.0 Å². The Kier molecular flexibility index (Phi) is 7.45. The lowest BCUT2D eigenvalue weighted by Gasteiger charge is -2.28. The molecule has 0 saturated heterocycles. The maximum absolute atomic E-state index is 5.39. The van der Waals surface area contributed by atoms with Crippen LogP contribution in [0, 0.1) is 12.3 Å². The first-order chi connectivity index (χ1) is 7.40. The van der Waals surface area contributed by atoms with Crippen molar-refractivity contribution in [2.75, 3.05) is 19.6 Å². The predicted molar refractivity (Wildman–Crippen MR) is 72.5 cm³/mol. The molecule has 0 spiro atoms. The van der Waals surface area contributed by atoms with Gasteiger partial charge in [-0.15, -0.1) is 6.42 Å². The molecular formula is C14H28N2. The summed E-state index contributed by atoms with van der Waals surface area (Å²) in [5, 5.41) is 3.51. The normalized spacial score (nSPS) is 13.8. The van der Waals surface area contributed by atoms with Crippen molar-refractivity contribution in [3.8, 4) is 12.3 Å². The highest BCUT2D eigenvalue weighted by Gasteiger charge is 2.13. The van der Waals surface area contributed by atoms with Crippen LogP contribution in [0.1, 0.15) is 47.5 Å². The number of nitrogens with one attached hydrogen (secondary N) is 1. The molecule has 2 heteroatoms. The third-order valence-electron chi connectivity index (χ3n) is 2.65. The Hall–Kier alpha value is -0.520. The standard InChI is InChI=1S/C14H28N2/c1-7-11-16(12-8-2)13(3)9-10-15-14(4,5)6/h1,13,15H,8-12H2,2-6H3. The van der Waals surface area contributed by atoms with E-state index >= 15 is 0 Å². The molecule has 0 saturated carbocycles. The van der Waals surface area contributed by atoms with Gasteiger partial charge in [0, 0.05) is 11.6 Å². The average molecular weight is 224 g/mol. The zero-order chi connectivity index (χ0) is 12.6. The van der Waals surface area contributed by atoms with Gasteiger partial charge < -0.3 is 5.32 Å². The van der Waals surface area contributed by atoms with Crippen LogP contribution in [0.25, 0.3) is 0 Å². The first kappa shape index (κ1) is 15.5. The number of hydrogen-bond acceptors (Lipinski definition) is 2. The summed E-state index contributed by atoms with van der Waals surface area (Å²) in [6, 6.07) is 0.561. The molecule has 0 radical (unpaired) electrons. The quantitative estimate of drug-likeness (QED) is 0.668. The lowest BCUT2D eigenvalue weighted by atomic mass is 10.1. The summed E-state index contributed by atoms with van der Waals surface area (Å²) < 4.78 is 0. The van der Waals surface area contributed by atoms with E-state index in [2.05, 4.69) is 50.8 Å². The van der Waals surface area contributed by atoms with Gasteiger partial charge in [0.1, 0.15) is 0 Å². The topological polar surface area (TPSA) is 15.3 Å². The number of hydrogen-bond donors (Lipinski definition) is 1. The van der Waals surface area contributed by atoms with Crippen molar-refractivity contribution in [3.63, 3.8) is 0 Å². The Morgan fingerprint density at radius 1 is 1.38 bits per heavy atom. The molecule has 0 aromatic heterocycles. The van der Waals surface area contributed by atoms with E-state index in [1.807, 2.05) is 0 Å². The Morgan fingerprint density at radius 3 is 2.44 bits per heavy atom. The van der Waals surface area contributed by atoms with Crippen LogP contribution in [0.3, 0.4) is 0 Å². The molecule has 0 aliphatic rings. The molecule has 0 amide bonds. The fourth-order valence-electron chi connectivity index (χ4n) is 1.70. The van der Waals surface area contributed by atoms with E-state index in [0.717, 1.165) is 26.1 Å². The summed E-state index contributed by atoms with van der Waals surface area (Å²) in [6.45, 7) is 14.0. The molecular weight excluding hydrogens is 196 g/mol. The van der Waals surface area contributed by atoms with Crippen molar-refractivity contribution in [3.05, 3.63) is 0 Å². The zero-order valence-corrected chi connectivity index (χ0v) is 11.6. The van der Waals surface area contributed by atoms with Crippen molar-refractivity contribution in [2.24, 2.45) is 0 Å². The maximum atomic E-state index is 5.39. The van der Waals surface area contributed by atoms with Crippen LogP contribution in [0.15, 0.2) is 0 Å². The van der Waals surface area contributed by atoms with Gasteiger partial charge in [0.25, 0.3) is 0 Å². The molecule has 1 N–H and O–H groups in total. The summed E-state index contributed by atoms with van der Waals surface area (Å²) in [5.74, 6) is 2.75. The van der Waals surface area contributed by atoms with Gasteiger partial charge in [-0.3, -0.25) is 4.90 Å². The van der Waals surface area contributed by atoms with Gasteiger partial charge in [-0.05, 0) is 53.6 Å². The van der Waals surface area contributed by atoms with E-state index in [4.69, 9.17) is 6.42 Å². The number of nitrogens with zero attached hydrogens (tertiary/aromatic N) is 1. The van der Waals surface area contributed by atoms with E-state index < -0.39 is 0 Å². The summed E-state index contributed by atoms with van der Waals surface area (Å²) in [4.78, 5) is 2.38. The second kappa shape index (κ2) is 7.70. The van der Waals surface area contributed by atoms with Crippen LogP contribution in [-0.2, 0) is 0 Å². The van der Waals surface area contributed by atoms with E-state index in [0.29, 0.717) is 6.04 Å². The SMILES string of the molecule is C#CCN(CCC)C(C)CCNC(C)(C)C. The minimum Gasteiger partial charge on any atom is -0.312 e. The second-order valence-corrected chi connectivity index (χ2v) is 5.49. The molecule has 2 nitrogen and oxygen atoms in total. The fourth-order valence-corrected chi connectivity index (χ4v) is 1.70. The first-order valence-corrected chi connectivity index (χ1v) is 6.33. The molecule has 0 heterocycles. The summed E-state index contributed by atoms with van der Waals surface area (Å²) in [5.41, 5.74) is 0.210. The molecule has 0 aromatic carbocycles. The van der Waals surface area contributed by atoms with Crippen molar-refractivity contribution in [1.82, 2.24) is 10.2 Å². The highest BCUT2D eigenvalue weighted by molar-refractivity contribution is 4.89. The van der Waals surface area contributed by atoms with Crippen LogP contribution >= 0.6 is 0 Å². The lowest BCUT2D eigenvalue weighted by molar-refractivity contribution is 0.219. The maximum Gasteiger partial charge on any atom is 0.0601 e. The molecule has 1 unspecified atom stereocenters. The fraction of sp³-hybridized carbons (Fsp3) is 0.857. The Morgan fingerprint density at radius 2 is 2.00 bits per heavy atom. The number of rotatable bonds is 7.